The molecular formula is C22H24ClN3O4S2. The van der Waals surface area contributed by atoms with Gasteiger partial charge in [0.1, 0.15) is 0 Å². The van der Waals surface area contributed by atoms with Gasteiger partial charge in [-0.25, -0.2) is 8.42 Å². The van der Waals surface area contributed by atoms with Crippen molar-refractivity contribution >= 4 is 56.4 Å². The van der Waals surface area contributed by atoms with Gasteiger partial charge in [0.2, 0.25) is 11.8 Å². The van der Waals surface area contributed by atoms with Gasteiger partial charge < -0.3 is 15.1 Å². The van der Waals surface area contributed by atoms with Crippen molar-refractivity contribution in [1.82, 2.24) is 4.90 Å². The van der Waals surface area contributed by atoms with E-state index in [-0.39, 0.29) is 22.5 Å². The first-order chi connectivity index (χ1) is 15.2. The molecule has 2 amide bonds. The molecule has 1 saturated heterocycles. The summed E-state index contributed by atoms with van der Waals surface area (Å²) in [6.45, 7) is 4.08. The number of halogens is 1. The normalized spacial score (nSPS) is 17.5. The lowest BCUT2D eigenvalue weighted by Crippen LogP contribution is -2.50. The minimum absolute atomic E-state index is 0.117. The van der Waals surface area contributed by atoms with Crippen LogP contribution in [0.1, 0.15) is 6.92 Å². The Hall–Kier alpha value is -2.23. The highest BCUT2D eigenvalue weighted by atomic mass is 35.5. The highest BCUT2D eigenvalue weighted by Crippen LogP contribution is 2.33. The van der Waals surface area contributed by atoms with E-state index in [0.29, 0.717) is 42.6 Å². The molecule has 0 saturated carbocycles. The number of benzene rings is 2. The molecule has 32 heavy (non-hydrogen) atoms. The van der Waals surface area contributed by atoms with Crippen molar-refractivity contribution < 1.29 is 18.0 Å². The molecule has 0 aromatic heterocycles. The van der Waals surface area contributed by atoms with E-state index >= 15 is 0 Å². The van der Waals surface area contributed by atoms with Crippen LogP contribution in [0.15, 0.2) is 52.3 Å². The Labute approximate surface area is 197 Å². The fourth-order valence-electron chi connectivity index (χ4n) is 3.90. The van der Waals surface area contributed by atoms with Gasteiger partial charge in [-0.3, -0.25) is 9.59 Å². The van der Waals surface area contributed by atoms with Crippen LogP contribution in [0.2, 0.25) is 5.02 Å². The Bertz CT molecular complexity index is 1130. The lowest BCUT2D eigenvalue weighted by Gasteiger charge is -2.37. The fourth-order valence-corrected chi connectivity index (χ4v) is 6.38. The van der Waals surface area contributed by atoms with E-state index < -0.39 is 15.8 Å². The lowest BCUT2D eigenvalue weighted by atomic mass is 10.1. The minimum atomic E-state index is -3.68. The van der Waals surface area contributed by atoms with Crippen molar-refractivity contribution in [3.63, 3.8) is 0 Å². The number of hydrogen-bond donors (Lipinski definition) is 1. The molecule has 2 aliphatic heterocycles. The molecule has 7 nitrogen and oxygen atoms in total. The third kappa shape index (κ3) is 5.05. The molecule has 0 spiro atoms. The molecule has 2 aliphatic rings. The second kappa shape index (κ2) is 9.33. The SMILES string of the molecule is C[C@@H](CS(=O)(=O)c1ccc2c(c1)NC(=O)CS2)C(=O)N1CCN(c2ccc(Cl)cc2)CC1. The molecule has 10 heteroatoms. The first kappa shape index (κ1) is 22.9. The molecule has 170 valence electrons. The highest BCUT2D eigenvalue weighted by Gasteiger charge is 2.30. The predicted octanol–water partition coefficient (Wildman–Crippen LogP) is 3.14. The summed E-state index contributed by atoms with van der Waals surface area (Å²) in [5.41, 5.74) is 1.56. The number of fused-ring (bicyclic) bond motifs is 1. The molecule has 0 bridgehead atoms. The highest BCUT2D eigenvalue weighted by molar-refractivity contribution is 8.00. The number of piperazine rings is 1. The smallest absolute Gasteiger partial charge is 0.234 e. The first-order valence-corrected chi connectivity index (χ1v) is 13.3. The van der Waals surface area contributed by atoms with Gasteiger partial charge in [-0.05, 0) is 42.5 Å². The molecular weight excluding hydrogens is 470 g/mol. The van der Waals surface area contributed by atoms with E-state index in [1.54, 1.807) is 24.0 Å². The van der Waals surface area contributed by atoms with Crippen LogP contribution >= 0.6 is 23.4 Å². The van der Waals surface area contributed by atoms with E-state index in [1.807, 2.05) is 24.3 Å². The van der Waals surface area contributed by atoms with Crippen molar-refractivity contribution in [2.45, 2.75) is 16.7 Å². The second-order valence-corrected chi connectivity index (χ2v) is 11.5. The fraction of sp³-hybridized carbons (Fsp3) is 0.364. The van der Waals surface area contributed by atoms with Crippen LogP contribution in [0.5, 0.6) is 0 Å². The van der Waals surface area contributed by atoms with E-state index in [0.717, 1.165) is 10.6 Å². The molecule has 1 atom stereocenters. The third-order valence-electron chi connectivity index (χ3n) is 5.62. The number of rotatable bonds is 5. The van der Waals surface area contributed by atoms with Crippen LogP contribution in [0.4, 0.5) is 11.4 Å². The van der Waals surface area contributed by atoms with Gasteiger partial charge in [-0.15, -0.1) is 11.8 Å². The number of carbonyl (C=O) groups excluding carboxylic acids is 2. The molecule has 0 aliphatic carbocycles. The van der Waals surface area contributed by atoms with Crippen LogP contribution in [0.3, 0.4) is 0 Å². The monoisotopic (exact) mass is 493 g/mol. The van der Waals surface area contributed by atoms with Gasteiger partial charge in [-0.1, -0.05) is 18.5 Å². The third-order valence-corrected chi connectivity index (χ3v) is 8.85. The number of sulfone groups is 1. The molecule has 2 heterocycles. The summed E-state index contributed by atoms with van der Waals surface area (Å²) in [4.78, 5) is 29.4. The number of thioether (sulfide) groups is 1. The summed E-state index contributed by atoms with van der Waals surface area (Å²) < 4.78 is 25.9. The van der Waals surface area contributed by atoms with Crippen LogP contribution < -0.4 is 10.2 Å². The van der Waals surface area contributed by atoms with E-state index in [1.165, 1.54) is 17.8 Å². The van der Waals surface area contributed by atoms with Crippen molar-refractivity contribution in [3.05, 3.63) is 47.5 Å². The van der Waals surface area contributed by atoms with Gasteiger partial charge >= 0.3 is 0 Å². The van der Waals surface area contributed by atoms with Crippen molar-refractivity contribution in [1.29, 1.82) is 0 Å². The van der Waals surface area contributed by atoms with Gasteiger partial charge in [-0.2, -0.15) is 0 Å². The Morgan fingerprint density at radius 1 is 1.12 bits per heavy atom. The number of carbonyl (C=O) groups is 2. The summed E-state index contributed by atoms with van der Waals surface area (Å²) in [5.74, 6) is -0.939. The number of nitrogens with one attached hydrogen (secondary N) is 1. The Morgan fingerprint density at radius 2 is 1.81 bits per heavy atom. The molecule has 0 radical (unpaired) electrons. The maximum absolute atomic E-state index is 13.0. The van der Waals surface area contributed by atoms with Crippen LogP contribution in [-0.4, -0.2) is 62.8 Å². The molecule has 2 aromatic rings. The average Bonchev–Trinajstić information content (AvgIpc) is 2.78. The summed E-state index contributed by atoms with van der Waals surface area (Å²) in [7, 11) is -3.68. The minimum Gasteiger partial charge on any atom is -0.368 e. The van der Waals surface area contributed by atoms with Gasteiger partial charge in [0.15, 0.2) is 9.84 Å². The standard InChI is InChI=1S/C22H24ClN3O4S2/c1-15(14-32(29,30)18-6-7-20-19(12-18)24-21(27)13-31-20)22(28)26-10-8-25(9-11-26)17-4-2-16(23)3-5-17/h2-7,12,15H,8-11,13-14H2,1H3,(H,24,27)/t15-/m0/s1. The van der Waals surface area contributed by atoms with E-state index in [2.05, 4.69) is 10.2 Å². The Morgan fingerprint density at radius 3 is 2.50 bits per heavy atom. The largest absolute Gasteiger partial charge is 0.368 e. The Kier molecular flexibility index (Phi) is 6.69. The molecule has 4 rings (SSSR count). The summed E-state index contributed by atoms with van der Waals surface area (Å²) in [5, 5.41) is 3.39. The molecule has 1 N–H and O–H groups in total. The summed E-state index contributed by atoms with van der Waals surface area (Å²) >= 11 is 7.32. The number of hydrogen-bond acceptors (Lipinski definition) is 6. The maximum Gasteiger partial charge on any atom is 0.234 e. The quantitative estimate of drug-likeness (QED) is 0.688. The van der Waals surface area contributed by atoms with Gasteiger partial charge in [0.05, 0.1) is 22.1 Å². The molecule has 2 aromatic carbocycles. The first-order valence-electron chi connectivity index (χ1n) is 10.3. The maximum atomic E-state index is 13.0. The van der Waals surface area contributed by atoms with E-state index in [9.17, 15) is 18.0 Å². The zero-order valence-electron chi connectivity index (χ0n) is 17.6. The summed E-state index contributed by atoms with van der Waals surface area (Å²) in [6.07, 6.45) is 0. The zero-order valence-corrected chi connectivity index (χ0v) is 20.0. The predicted molar refractivity (Wildman–Crippen MR) is 127 cm³/mol. The average molecular weight is 494 g/mol. The van der Waals surface area contributed by atoms with E-state index in [4.69, 9.17) is 11.6 Å². The number of anilines is 2. The topological polar surface area (TPSA) is 86.8 Å². The molecule has 1 fully saturated rings. The number of nitrogens with zero attached hydrogens (tertiary/aromatic N) is 2. The Balaban J connectivity index is 1.37. The van der Waals surface area contributed by atoms with Crippen LogP contribution in [0.25, 0.3) is 0 Å². The van der Waals surface area contributed by atoms with Gasteiger partial charge in [0, 0.05) is 47.7 Å². The van der Waals surface area contributed by atoms with Crippen LogP contribution in [0, 0.1) is 5.92 Å². The second-order valence-electron chi connectivity index (χ2n) is 7.97. The van der Waals surface area contributed by atoms with Crippen molar-refractivity contribution in [2.24, 2.45) is 5.92 Å². The zero-order chi connectivity index (χ0) is 22.9. The lowest BCUT2D eigenvalue weighted by molar-refractivity contribution is -0.134. The van der Waals surface area contributed by atoms with Crippen molar-refractivity contribution in [2.75, 3.05) is 47.9 Å². The summed E-state index contributed by atoms with van der Waals surface area (Å²) in [6, 6.07) is 12.3. The van der Waals surface area contributed by atoms with Gasteiger partial charge in [0.25, 0.3) is 0 Å². The van der Waals surface area contributed by atoms with Crippen molar-refractivity contribution in [3.8, 4) is 0 Å². The number of amides is 2. The molecule has 0 unspecified atom stereocenters. The van der Waals surface area contributed by atoms with Crippen LogP contribution in [-0.2, 0) is 19.4 Å².